The zero-order valence-electron chi connectivity index (χ0n) is 18.6. The van der Waals surface area contributed by atoms with Crippen molar-refractivity contribution >= 4 is 11.8 Å². The quantitative estimate of drug-likeness (QED) is 0.312. The molecule has 2 heterocycles. The molecule has 0 aromatic heterocycles. The van der Waals surface area contributed by atoms with Crippen molar-refractivity contribution in [1.29, 1.82) is 0 Å². The zero-order chi connectivity index (χ0) is 22.8. The molecule has 2 fully saturated rings. The minimum Gasteiger partial charge on any atom is -0.359 e. The van der Waals surface area contributed by atoms with E-state index in [2.05, 4.69) is 36.4 Å². The van der Waals surface area contributed by atoms with Crippen LogP contribution >= 0.6 is 0 Å². The number of hydrogen-bond donors (Lipinski definition) is 0. The Hall–Kier alpha value is -3.28. The van der Waals surface area contributed by atoms with Crippen molar-refractivity contribution in [3.63, 3.8) is 0 Å². The SMILES string of the molecule is C[C@H]1O[C@@H]1C(=O)N1C(=O)CC[C@H]1COC(c1ccccc1)(c1ccccc1)c1ccccc1. The first-order chi connectivity index (χ1) is 16.1. The van der Waals surface area contributed by atoms with E-state index in [0.29, 0.717) is 12.8 Å². The first-order valence-electron chi connectivity index (χ1n) is 11.4. The Balaban J connectivity index is 1.54. The van der Waals surface area contributed by atoms with Gasteiger partial charge in [0.1, 0.15) is 5.60 Å². The molecule has 0 bridgehead atoms. The van der Waals surface area contributed by atoms with E-state index in [0.717, 1.165) is 16.7 Å². The predicted octanol–water partition coefficient (Wildman–Crippen LogP) is 4.30. The highest BCUT2D eigenvalue weighted by Crippen LogP contribution is 2.41. The molecule has 2 aliphatic heterocycles. The van der Waals surface area contributed by atoms with Crippen molar-refractivity contribution in [2.24, 2.45) is 0 Å². The topological polar surface area (TPSA) is 59.1 Å². The Kier molecular flexibility index (Phi) is 5.83. The number of amides is 2. The maximum atomic E-state index is 12.9. The maximum Gasteiger partial charge on any atom is 0.261 e. The molecule has 0 spiro atoms. The van der Waals surface area contributed by atoms with Crippen LogP contribution in [-0.4, -0.2) is 41.6 Å². The van der Waals surface area contributed by atoms with Gasteiger partial charge in [-0.3, -0.25) is 14.5 Å². The minimum absolute atomic E-state index is 0.135. The summed E-state index contributed by atoms with van der Waals surface area (Å²) in [6.45, 7) is 2.08. The van der Waals surface area contributed by atoms with Crippen LogP contribution in [0, 0.1) is 0 Å². The number of likely N-dealkylation sites (tertiary alicyclic amines) is 1. The van der Waals surface area contributed by atoms with Gasteiger partial charge >= 0.3 is 0 Å². The normalized spacial score (nSPS) is 22.4. The monoisotopic (exact) mass is 441 g/mol. The van der Waals surface area contributed by atoms with Crippen LogP contribution in [0.15, 0.2) is 91.0 Å². The van der Waals surface area contributed by atoms with Crippen molar-refractivity contribution in [3.05, 3.63) is 108 Å². The number of nitrogens with zero attached hydrogens (tertiary/aromatic N) is 1. The van der Waals surface area contributed by atoms with Gasteiger partial charge in [0.2, 0.25) is 5.91 Å². The molecule has 0 N–H and O–H groups in total. The van der Waals surface area contributed by atoms with Crippen LogP contribution < -0.4 is 0 Å². The van der Waals surface area contributed by atoms with Crippen LogP contribution in [0.3, 0.4) is 0 Å². The van der Waals surface area contributed by atoms with Gasteiger partial charge in [0, 0.05) is 6.42 Å². The van der Waals surface area contributed by atoms with Crippen LogP contribution in [0.1, 0.15) is 36.5 Å². The van der Waals surface area contributed by atoms with Crippen LogP contribution in [0.25, 0.3) is 0 Å². The van der Waals surface area contributed by atoms with Crippen molar-refractivity contribution in [3.8, 4) is 0 Å². The Morgan fingerprint density at radius 1 is 0.909 bits per heavy atom. The van der Waals surface area contributed by atoms with E-state index in [1.165, 1.54) is 4.90 Å². The number of imide groups is 1. The number of carbonyl (C=O) groups is 2. The lowest BCUT2D eigenvalue weighted by Gasteiger charge is -2.37. The van der Waals surface area contributed by atoms with Crippen LogP contribution in [0.5, 0.6) is 0 Å². The average Bonchev–Trinajstić information content (AvgIpc) is 3.49. The first kappa shape index (κ1) is 21.6. The third kappa shape index (κ3) is 3.99. The van der Waals surface area contributed by atoms with Crippen LogP contribution in [0.4, 0.5) is 0 Å². The molecule has 0 aliphatic carbocycles. The van der Waals surface area contributed by atoms with Gasteiger partial charge in [-0.2, -0.15) is 0 Å². The minimum atomic E-state index is -0.881. The molecule has 5 rings (SSSR count). The van der Waals surface area contributed by atoms with E-state index in [-0.39, 0.29) is 30.6 Å². The van der Waals surface area contributed by atoms with Crippen molar-refractivity contribution in [2.75, 3.05) is 6.61 Å². The molecule has 2 saturated heterocycles. The number of ether oxygens (including phenoxy) is 2. The van der Waals surface area contributed by atoms with Crippen LogP contribution in [-0.2, 0) is 24.7 Å². The van der Waals surface area contributed by atoms with Crippen LogP contribution in [0.2, 0.25) is 0 Å². The molecule has 3 aromatic rings. The molecule has 33 heavy (non-hydrogen) atoms. The largest absolute Gasteiger partial charge is 0.359 e. The summed E-state index contributed by atoms with van der Waals surface area (Å²) in [7, 11) is 0. The first-order valence-corrected chi connectivity index (χ1v) is 11.4. The summed E-state index contributed by atoms with van der Waals surface area (Å²) in [6.07, 6.45) is 0.275. The van der Waals surface area contributed by atoms with Crippen molar-refractivity contribution in [1.82, 2.24) is 4.90 Å². The lowest BCUT2D eigenvalue weighted by Crippen LogP contribution is -2.45. The van der Waals surface area contributed by atoms with Gasteiger partial charge in [-0.15, -0.1) is 0 Å². The number of rotatable bonds is 7. The molecule has 5 heteroatoms. The van der Waals surface area contributed by atoms with Crippen molar-refractivity contribution in [2.45, 2.75) is 43.6 Å². The third-order valence-electron chi connectivity index (χ3n) is 6.55. The second-order valence-corrected chi connectivity index (χ2v) is 8.65. The Morgan fingerprint density at radius 3 is 1.79 bits per heavy atom. The summed E-state index contributed by atoms with van der Waals surface area (Å²) in [4.78, 5) is 26.9. The summed E-state index contributed by atoms with van der Waals surface area (Å²) >= 11 is 0. The fourth-order valence-corrected chi connectivity index (χ4v) is 4.78. The summed E-state index contributed by atoms with van der Waals surface area (Å²) in [6, 6.07) is 30.0. The highest BCUT2D eigenvalue weighted by atomic mass is 16.6. The van der Waals surface area contributed by atoms with Gasteiger partial charge in [-0.1, -0.05) is 91.0 Å². The van der Waals surface area contributed by atoms with E-state index in [1.54, 1.807) is 0 Å². The van der Waals surface area contributed by atoms with E-state index >= 15 is 0 Å². The molecule has 5 nitrogen and oxygen atoms in total. The molecular formula is C28H27NO4. The van der Waals surface area contributed by atoms with E-state index in [9.17, 15) is 9.59 Å². The molecule has 0 saturated carbocycles. The standard InChI is InChI=1S/C28H27NO4/c1-20-26(33-20)27(31)29-24(17-18-25(29)30)19-32-28(21-11-5-2-6-12-21,22-13-7-3-8-14-22)23-15-9-4-10-16-23/h2-16,20,24,26H,17-19H2,1H3/t20-,24+,26+/m1/s1. The number of benzene rings is 3. The summed E-state index contributed by atoms with van der Waals surface area (Å²) in [5.74, 6) is -0.399. The van der Waals surface area contributed by atoms with Gasteiger partial charge in [-0.05, 0) is 30.0 Å². The second kappa shape index (κ2) is 8.93. The van der Waals surface area contributed by atoms with Gasteiger partial charge in [0.05, 0.1) is 18.8 Å². The zero-order valence-corrected chi connectivity index (χ0v) is 18.6. The summed E-state index contributed by atoms with van der Waals surface area (Å²) in [5, 5.41) is 0. The molecule has 168 valence electrons. The van der Waals surface area contributed by atoms with Crippen molar-refractivity contribution < 1.29 is 19.1 Å². The summed E-state index contributed by atoms with van der Waals surface area (Å²) < 4.78 is 12.2. The fourth-order valence-electron chi connectivity index (χ4n) is 4.78. The number of epoxide rings is 1. The lowest BCUT2D eigenvalue weighted by atomic mass is 9.80. The average molecular weight is 442 g/mol. The summed E-state index contributed by atoms with van der Waals surface area (Å²) in [5.41, 5.74) is 2.09. The highest BCUT2D eigenvalue weighted by Gasteiger charge is 2.49. The lowest BCUT2D eigenvalue weighted by molar-refractivity contribution is -0.146. The molecular weight excluding hydrogens is 414 g/mol. The molecule has 3 aromatic carbocycles. The fraction of sp³-hybridized carbons (Fsp3) is 0.286. The van der Waals surface area contributed by atoms with E-state index in [1.807, 2.05) is 61.5 Å². The Morgan fingerprint density at radius 2 is 1.36 bits per heavy atom. The molecule has 3 atom stereocenters. The maximum absolute atomic E-state index is 12.9. The van der Waals surface area contributed by atoms with Gasteiger partial charge in [0.15, 0.2) is 6.10 Å². The molecule has 2 aliphatic rings. The van der Waals surface area contributed by atoms with Gasteiger partial charge in [-0.25, -0.2) is 0 Å². The smallest absolute Gasteiger partial charge is 0.261 e. The third-order valence-corrected chi connectivity index (χ3v) is 6.55. The highest BCUT2D eigenvalue weighted by molar-refractivity contribution is 6.00. The number of hydrogen-bond acceptors (Lipinski definition) is 4. The molecule has 0 radical (unpaired) electrons. The second-order valence-electron chi connectivity index (χ2n) is 8.65. The molecule has 0 unspecified atom stereocenters. The Labute approximate surface area is 193 Å². The Bertz CT molecular complexity index is 1020. The van der Waals surface area contributed by atoms with E-state index in [4.69, 9.17) is 9.47 Å². The predicted molar refractivity (Wildman–Crippen MR) is 124 cm³/mol. The van der Waals surface area contributed by atoms with E-state index < -0.39 is 11.7 Å². The van der Waals surface area contributed by atoms with Gasteiger partial charge in [0.25, 0.3) is 5.91 Å². The molecule has 2 amide bonds. The van der Waals surface area contributed by atoms with Gasteiger partial charge < -0.3 is 9.47 Å². The number of carbonyl (C=O) groups excluding carboxylic acids is 2.